The van der Waals surface area contributed by atoms with Crippen LogP contribution in [0.2, 0.25) is 0 Å². The minimum Gasteiger partial charge on any atom is -0.496 e. The second kappa shape index (κ2) is 7.04. The van der Waals surface area contributed by atoms with Gasteiger partial charge in [-0.1, -0.05) is 23.3 Å². The molecule has 8 nitrogen and oxygen atoms in total. The fraction of sp³-hybridized carbons (Fsp3) is 0.111. The first-order valence-electron chi connectivity index (χ1n) is 8.04. The van der Waals surface area contributed by atoms with Gasteiger partial charge in [-0.25, -0.2) is 0 Å². The number of aromatic amines is 1. The number of aryl methyl sites for hydroxylation is 1. The van der Waals surface area contributed by atoms with Gasteiger partial charge in [0.15, 0.2) is 5.75 Å². The normalized spacial score (nSPS) is 10.7. The lowest BCUT2D eigenvalue weighted by Gasteiger charge is -2.08. The number of aromatic nitrogens is 4. The maximum Gasteiger partial charge on any atom is 0.272 e. The zero-order valence-electron chi connectivity index (χ0n) is 14.5. The number of anilines is 1. The van der Waals surface area contributed by atoms with E-state index >= 15 is 0 Å². The Morgan fingerprint density at radius 2 is 2.04 bits per heavy atom. The lowest BCUT2D eigenvalue weighted by molar-refractivity contribution is 0.102. The zero-order valence-corrected chi connectivity index (χ0v) is 15.3. The molecule has 4 aromatic rings. The van der Waals surface area contributed by atoms with E-state index in [0.717, 1.165) is 21.4 Å². The van der Waals surface area contributed by atoms with Gasteiger partial charge in [-0.2, -0.15) is 5.21 Å². The average molecular weight is 381 g/mol. The number of hydrogen-bond acceptors (Lipinski definition) is 7. The summed E-state index contributed by atoms with van der Waals surface area (Å²) < 4.78 is 12.4. The maximum atomic E-state index is 12.8. The van der Waals surface area contributed by atoms with Gasteiger partial charge in [-0.3, -0.25) is 10.1 Å². The van der Waals surface area contributed by atoms with E-state index in [0.29, 0.717) is 16.4 Å². The molecule has 9 heteroatoms. The van der Waals surface area contributed by atoms with Crippen molar-refractivity contribution in [1.82, 2.24) is 20.6 Å². The number of benzene rings is 2. The highest BCUT2D eigenvalue weighted by atomic mass is 32.1. The predicted octanol–water partition coefficient (Wildman–Crippen LogP) is 3.78. The molecule has 0 fully saturated rings. The van der Waals surface area contributed by atoms with Gasteiger partial charge in [-0.05, 0) is 42.0 Å². The molecule has 0 unspecified atom stereocenters. The Balaban J connectivity index is 1.82. The number of tetrazole rings is 1. The van der Waals surface area contributed by atoms with Gasteiger partial charge in [0, 0.05) is 10.1 Å². The molecular formula is C18H15N5O3S. The van der Waals surface area contributed by atoms with Crippen molar-refractivity contribution in [2.45, 2.75) is 6.92 Å². The summed E-state index contributed by atoms with van der Waals surface area (Å²) in [6.07, 6.45) is 0. The quantitative estimate of drug-likeness (QED) is 0.545. The first-order valence-corrected chi connectivity index (χ1v) is 8.86. The zero-order chi connectivity index (χ0) is 18.8. The van der Waals surface area contributed by atoms with Crippen molar-refractivity contribution in [3.05, 3.63) is 52.9 Å². The molecule has 0 saturated carbocycles. The van der Waals surface area contributed by atoms with Crippen molar-refractivity contribution >= 4 is 33.3 Å². The molecule has 2 aromatic carbocycles. The van der Waals surface area contributed by atoms with Crippen LogP contribution in [0.15, 0.2) is 42.5 Å². The standard InChI is InChI=1S/C18H15N5O3S/c1-10-8-12-14(9-13(10)25-2)27-16(17(24)19-18-20-22-23-21-18)15(12)26-11-6-4-3-5-7-11/h3-9H,1-2H3,(H2,19,20,21,22,23,24). The highest BCUT2D eigenvalue weighted by Gasteiger charge is 2.23. The average Bonchev–Trinajstić information content (AvgIpc) is 3.30. The number of ether oxygens (including phenoxy) is 2. The van der Waals surface area contributed by atoms with E-state index in [4.69, 9.17) is 9.47 Å². The van der Waals surface area contributed by atoms with Crippen LogP contribution in [0, 0.1) is 6.92 Å². The van der Waals surface area contributed by atoms with Crippen molar-refractivity contribution < 1.29 is 14.3 Å². The van der Waals surface area contributed by atoms with Crippen LogP contribution < -0.4 is 14.8 Å². The van der Waals surface area contributed by atoms with E-state index in [1.807, 2.05) is 49.4 Å². The molecule has 0 saturated heterocycles. The number of hydrogen-bond donors (Lipinski definition) is 2. The second-order valence-electron chi connectivity index (χ2n) is 5.68. The molecule has 2 aromatic heterocycles. The molecule has 0 aliphatic rings. The lowest BCUT2D eigenvalue weighted by Crippen LogP contribution is -2.12. The summed E-state index contributed by atoms with van der Waals surface area (Å²) in [7, 11) is 1.62. The van der Waals surface area contributed by atoms with E-state index < -0.39 is 0 Å². The third-order valence-electron chi connectivity index (χ3n) is 3.90. The van der Waals surface area contributed by atoms with Crippen molar-refractivity contribution in [2.24, 2.45) is 0 Å². The van der Waals surface area contributed by atoms with Crippen molar-refractivity contribution in [3.8, 4) is 17.2 Å². The minimum atomic E-state index is -0.375. The third-order valence-corrected chi connectivity index (χ3v) is 5.03. The topological polar surface area (TPSA) is 102 Å². The van der Waals surface area contributed by atoms with Gasteiger partial charge in [0.2, 0.25) is 0 Å². The lowest BCUT2D eigenvalue weighted by atomic mass is 10.1. The molecule has 1 amide bonds. The molecule has 0 bridgehead atoms. The highest BCUT2D eigenvalue weighted by molar-refractivity contribution is 7.21. The number of amides is 1. The van der Waals surface area contributed by atoms with Crippen LogP contribution in [0.25, 0.3) is 10.1 Å². The Kier molecular flexibility index (Phi) is 4.43. The van der Waals surface area contributed by atoms with Crippen LogP contribution in [0.4, 0.5) is 5.95 Å². The monoisotopic (exact) mass is 381 g/mol. The summed E-state index contributed by atoms with van der Waals surface area (Å²) in [6, 6.07) is 13.2. The predicted molar refractivity (Wildman–Crippen MR) is 102 cm³/mol. The largest absolute Gasteiger partial charge is 0.496 e. The second-order valence-corrected chi connectivity index (χ2v) is 6.74. The molecule has 0 radical (unpaired) electrons. The fourth-order valence-corrected chi connectivity index (χ4v) is 3.70. The molecule has 0 atom stereocenters. The van der Waals surface area contributed by atoms with Crippen LogP contribution in [0.3, 0.4) is 0 Å². The van der Waals surface area contributed by atoms with Crippen LogP contribution >= 0.6 is 11.3 Å². The molecule has 136 valence electrons. The summed E-state index contributed by atoms with van der Waals surface area (Å²) in [5.74, 6) is 1.59. The van der Waals surface area contributed by atoms with Crippen molar-refractivity contribution in [1.29, 1.82) is 0 Å². The van der Waals surface area contributed by atoms with Gasteiger partial charge in [0.1, 0.15) is 16.4 Å². The van der Waals surface area contributed by atoms with Crippen molar-refractivity contribution in [2.75, 3.05) is 12.4 Å². The number of H-pyrrole nitrogens is 1. The van der Waals surface area contributed by atoms with Gasteiger partial charge in [0.05, 0.1) is 7.11 Å². The van der Waals surface area contributed by atoms with E-state index in [1.165, 1.54) is 11.3 Å². The fourth-order valence-electron chi connectivity index (χ4n) is 2.66. The van der Waals surface area contributed by atoms with E-state index in [2.05, 4.69) is 25.9 Å². The number of para-hydroxylation sites is 1. The molecule has 0 spiro atoms. The van der Waals surface area contributed by atoms with Gasteiger partial charge >= 0.3 is 0 Å². The van der Waals surface area contributed by atoms with E-state index in [9.17, 15) is 4.79 Å². The number of rotatable bonds is 5. The Hall–Kier alpha value is -3.46. The van der Waals surface area contributed by atoms with Crippen LogP contribution in [0.1, 0.15) is 15.2 Å². The number of methoxy groups -OCH3 is 1. The number of nitrogens with zero attached hydrogens (tertiary/aromatic N) is 3. The van der Waals surface area contributed by atoms with Gasteiger partial charge in [0.25, 0.3) is 11.9 Å². The van der Waals surface area contributed by atoms with Crippen LogP contribution in [-0.2, 0) is 0 Å². The molecule has 4 rings (SSSR count). The summed E-state index contributed by atoms with van der Waals surface area (Å²) in [5.41, 5.74) is 0.950. The Morgan fingerprint density at radius 3 is 2.74 bits per heavy atom. The van der Waals surface area contributed by atoms with E-state index in [1.54, 1.807) is 7.11 Å². The Bertz CT molecular complexity index is 1090. The summed E-state index contributed by atoms with van der Waals surface area (Å²) >= 11 is 1.31. The van der Waals surface area contributed by atoms with Gasteiger partial charge in [-0.15, -0.1) is 16.4 Å². The first-order chi connectivity index (χ1) is 13.2. The summed E-state index contributed by atoms with van der Waals surface area (Å²) in [5, 5.41) is 16.7. The molecule has 0 aliphatic carbocycles. The molecule has 2 heterocycles. The van der Waals surface area contributed by atoms with Crippen LogP contribution in [0.5, 0.6) is 17.2 Å². The number of thiophene rings is 1. The van der Waals surface area contributed by atoms with Gasteiger partial charge < -0.3 is 9.47 Å². The molecule has 2 N–H and O–H groups in total. The Morgan fingerprint density at radius 1 is 1.22 bits per heavy atom. The summed E-state index contributed by atoms with van der Waals surface area (Å²) in [4.78, 5) is 13.2. The smallest absolute Gasteiger partial charge is 0.272 e. The number of fused-ring (bicyclic) bond motifs is 1. The molecular weight excluding hydrogens is 366 g/mol. The SMILES string of the molecule is COc1cc2sc(C(=O)Nc3nn[nH]n3)c(Oc3ccccc3)c2cc1C. The Labute approximate surface area is 158 Å². The van der Waals surface area contributed by atoms with E-state index in [-0.39, 0.29) is 11.9 Å². The summed E-state index contributed by atoms with van der Waals surface area (Å²) in [6.45, 7) is 1.95. The first kappa shape index (κ1) is 17.0. The number of carbonyl (C=O) groups excluding carboxylic acids is 1. The number of nitrogens with one attached hydrogen (secondary N) is 2. The maximum absolute atomic E-state index is 12.8. The molecule has 27 heavy (non-hydrogen) atoms. The van der Waals surface area contributed by atoms with Crippen molar-refractivity contribution in [3.63, 3.8) is 0 Å². The highest BCUT2D eigenvalue weighted by Crippen LogP contribution is 2.43. The molecule has 0 aliphatic heterocycles. The minimum absolute atomic E-state index is 0.0943. The third kappa shape index (κ3) is 3.32. The van der Waals surface area contributed by atoms with Crippen LogP contribution in [-0.4, -0.2) is 33.6 Å². The number of carbonyl (C=O) groups is 1.